The van der Waals surface area contributed by atoms with E-state index in [-0.39, 0.29) is 6.04 Å². The Balaban J connectivity index is 1.96. The van der Waals surface area contributed by atoms with Crippen LogP contribution in [0.15, 0.2) is 42.5 Å². The molecule has 0 spiro atoms. The first-order valence-electron chi connectivity index (χ1n) is 7.73. The van der Waals surface area contributed by atoms with Crippen LogP contribution in [0, 0.1) is 13.8 Å². The highest BCUT2D eigenvalue weighted by Crippen LogP contribution is 2.16. The van der Waals surface area contributed by atoms with Crippen LogP contribution in [0.1, 0.15) is 42.1 Å². The summed E-state index contributed by atoms with van der Waals surface area (Å²) in [5, 5.41) is 7.24. The van der Waals surface area contributed by atoms with Crippen molar-refractivity contribution in [2.75, 3.05) is 5.32 Å². The van der Waals surface area contributed by atoms with Crippen molar-refractivity contribution in [3.63, 3.8) is 0 Å². The molecule has 0 radical (unpaired) electrons. The van der Waals surface area contributed by atoms with Crippen LogP contribution >= 0.6 is 12.2 Å². The number of aryl methyl sites for hydroxylation is 3. The minimum atomic E-state index is 0.178. The fourth-order valence-corrected chi connectivity index (χ4v) is 2.60. The Morgan fingerprint density at radius 1 is 1.05 bits per heavy atom. The largest absolute Gasteiger partial charge is 0.356 e. The van der Waals surface area contributed by atoms with Gasteiger partial charge in [-0.05, 0) is 73.8 Å². The van der Waals surface area contributed by atoms with Crippen molar-refractivity contribution in [1.82, 2.24) is 5.32 Å². The topological polar surface area (TPSA) is 24.1 Å². The first kappa shape index (κ1) is 16.5. The molecule has 0 aromatic heterocycles. The summed E-state index contributed by atoms with van der Waals surface area (Å²) in [5.74, 6) is 0. The predicted molar refractivity (Wildman–Crippen MR) is 99.5 cm³/mol. The molecule has 0 aliphatic carbocycles. The smallest absolute Gasteiger partial charge is 0.171 e. The normalized spacial score (nSPS) is 11.8. The van der Waals surface area contributed by atoms with Crippen LogP contribution in [0.4, 0.5) is 5.69 Å². The average molecular weight is 312 g/mol. The predicted octanol–water partition coefficient (Wildman–Crippen LogP) is 4.91. The molecular weight excluding hydrogens is 288 g/mol. The Morgan fingerprint density at radius 3 is 2.32 bits per heavy atom. The van der Waals surface area contributed by atoms with Gasteiger partial charge in [0.25, 0.3) is 0 Å². The lowest BCUT2D eigenvalue weighted by molar-refractivity contribution is 0.722. The highest BCUT2D eigenvalue weighted by atomic mass is 32.1. The van der Waals surface area contributed by atoms with Crippen LogP contribution in [0.5, 0.6) is 0 Å². The number of anilines is 1. The van der Waals surface area contributed by atoms with Gasteiger partial charge in [0.2, 0.25) is 0 Å². The SMILES string of the molecule is CCc1ccc(C(C)NC(=S)Nc2ccc(C)c(C)c2)cc1. The van der Waals surface area contributed by atoms with E-state index < -0.39 is 0 Å². The fraction of sp³-hybridized carbons (Fsp3) is 0.316. The Bertz CT molecular complexity index is 647. The number of rotatable bonds is 4. The first-order valence-corrected chi connectivity index (χ1v) is 8.14. The van der Waals surface area contributed by atoms with Gasteiger partial charge in [-0.1, -0.05) is 37.3 Å². The van der Waals surface area contributed by atoms with Gasteiger partial charge in [0.05, 0.1) is 6.04 Å². The Hall–Kier alpha value is -1.87. The van der Waals surface area contributed by atoms with Gasteiger partial charge >= 0.3 is 0 Å². The molecule has 2 rings (SSSR count). The molecule has 0 saturated carbocycles. The third-order valence-corrected chi connectivity index (χ3v) is 4.22. The molecule has 3 heteroatoms. The van der Waals surface area contributed by atoms with Gasteiger partial charge in [-0.15, -0.1) is 0 Å². The molecule has 2 nitrogen and oxygen atoms in total. The van der Waals surface area contributed by atoms with E-state index in [2.05, 4.69) is 80.8 Å². The molecule has 22 heavy (non-hydrogen) atoms. The van der Waals surface area contributed by atoms with E-state index in [0.717, 1.165) is 12.1 Å². The van der Waals surface area contributed by atoms with E-state index in [1.165, 1.54) is 22.3 Å². The second-order valence-electron chi connectivity index (χ2n) is 5.71. The van der Waals surface area contributed by atoms with E-state index in [0.29, 0.717) is 5.11 Å². The minimum absolute atomic E-state index is 0.178. The van der Waals surface area contributed by atoms with Crippen LogP contribution in [0.3, 0.4) is 0 Å². The van der Waals surface area contributed by atoms with Gasteiger partial charge in [0, 0.05) is 5.69 Å². The summed E-state index contributed by atoms with van der Waals surface area (Å²) in [6, 6.07) is 15.1. The van der Waals surface area contributed by atoms with Gasteiger partial charge in [-0.25, -0.2) is 0 Å². The maximum Gasteiger partial charge on any atom is 0.171 e. The zero-order valence-corrected chi connectivity index (χ0v) is 14.6. The highest BCUT2D eigenvalue weighted by Gasteiger charge is 2.07. The summed E-state index contributed by atoms with van der Waals surface area (Å²) in [6.07, 6.45) is 1.06. The van der Waals surface area contributed by atoms with Gasteiger partial charge in [-0.3, -0.25) is 0 Å². The van der Waals surface area contributed by atoms with Crippen LogP contribution in [-0.2, 0) is 6.42 Å². The lowest BCUT2D eigenvalue weighted by Gasteiger charge is -2.18. The number of hydrogen-bond acceptors (Lipinski definition) is 1. The van der Waals surface area contributed by atoms with Crippen molar-refractivity contribution in [3.8, 4) is 0 Å². The summed E-state index contributed by atoms with van der Waals surface area (Å²) < 4.78 is 0. The molecule has 2 aromatic carbocycles. The third kappa shape index (κ3) is 4.31. The molecule has 1 atom stereocenters. The first-order chi connectivity index (χ1) is 10.5. The molecule has 2 N–H and O–H groups in total. The monoisotopic (exact) mass is 312 g/mol. The van der Waals surface area contributed by atoms with Crippen LogP contribution in [0.25, 0.3) is 0 Å². The lowest BCUT2D eigenvalue weighted by Crippen LogP contribution is -2.30. The van der Waals surface area contributed by atoms with E-state index in [1.54, 1.807) is 0 Å². The number of benzene rings is 2. The standard InChI is InChI=1S/C19H24N2S/c1-5-16-7-9-17(10-8-16)15(4)20-19(22)21-18-11-6-13(2)14(3)12-18/h6-12,15H,5H2,1-4H3,(H2,20,21,22). The van der Waals surface area contributed by atoms with Gasteiger partial charge in [-0.2, -0.15) is 0 Å². The van der Waals surface area contributed by atoms with Crippen LogP contribution < -0.4 is 10.6 Å². The zero-order chi connectivity index (χ0) is 16.1. The molecule has 0 saturated heterocycles. The van der Waals surface area contributed by atoms with Crippen molar-refractivity contribution in [2.24, 2.45) is 0 Å². The second kappa shape index (κ2) is 7.41. The maximum atomic E-state index is 5.41. The molecule has 0 aliphatic heterocycles. The molecule has 0 heterocycles. The van der Waals surface area contributed by atoms with Crippen molar-refractivity contribution in [1.29, 1.82) is 0 Å². The fourth-order valence-electron chi connectivity index (χ4n) is 2.31. The van der Waals surface area contributed by atoms with E-state index in [1.807, 2.05) is 0 Å². The van der Waals surface area contributed by atoms with Crippen molar-refractivity contribution >= 4 is 23.0 Å². The lowest BCUT2D eigenvalue weighted by atomic mass is 10.1. The molecule has 0 amide bonds. The summed E-state index contributed by atoms with van der Waals surface area (Å²) in [5.41, 5.74) is 6.16. The molecule has 0 aliphatic rings. The maximum absolute atomic E-state index is 5.41. The zero-order valence-electron chi connectivity index (χ0n) is 13.7. The average Bonchev–Trinajstić information content (AvgIpc) is 2.51. The Morgan fingerprint density at radius 2 is 1.73 bits per heavy atom. The quantitative estimate of drug-likeness (QED) is 0.784. The van der Waals surface area contributed by atoms with E-state index >= 15 is 0 Å². The molecular formula is C19H24N2S. The summed E-state index contributed by atoms with van der Waals surface area (Å²) in [7, 11) is 0. The molecule has 0 bridgehead atoms. The Labute approximate surface area is 139 Å². The third-order valence-electron chi connectivity index (χ3n) is 4.00. The minimum Gasteiger partial charge on any atom is -0.356 e. The number of nitrogens with one attached hydrogen (secondary N) is 2. The Kier molecular flexibility index (Phi) is 5.56. The van der Waals surface area contributed by atoms with Gasteiger partial charge in [0.15, 0.2) is 5.11 Å². The van der Waals surface area contributed by atoms with Crippen molar-refractivity contribution < 1.29 is 0 Å². The summed E-state index contributed by atoms with van der Waals surface area (Å²) >= 11 is 5.41. The van der Waals surface area contributed by atoms with Gasteiger partial charge in [0.1, 0.15) is 0 Å². The molecule has 0 fully saturated rings. The number of thiocarbonyl (C=S) groups is 1. The number of hydrogen-bond donors (Lipinski definition) is 2. The van der Waals surface area contributed by atoms with Crippen molar-refractivity contribution in [2.45, 2.75) is 40.2 Å². The summed E-state index contributed by atoms with van der Waals surface area (Å²) in [4.78, 5) is 0. The molecule has 116 valence electrons. The van der Waals surface area contributed by atoms with E-state index in [9.17, 15) is 0 Å². The summed E-state index contributed by atoms with van der Waals surface area (Å²) in [6.45, 7) is 8.50. The molecule has 2 aromatic rings. The highest BCUT2D eigenvalue weighted by molar-refractivity contribution is 7.80. The van der Waals surface area contributed by atoms with Crippen molar-refractivity contribution in [3.05, 3.63) is 64.7 Å². The van der Waals surface area contributed by atoms with Gasteiger partial charge < -0.3 is 10.6 Å². The molecule has 1 unspecified atom stereocenters. The van der Waals surface area contributed by atoms with Crippen LogP contribution in [-0.4, -0.2) is 5.11 Å². The van der Waals surface area contributed by atoms with Crippen LogP contribution in [0.2, 0.25) is 0 Å². The van der Waals surface area contributed by atoms with E-state index in [4.69, 9.17) is 12.2 Å². The second-order valence-corrected chi connectivity index (χ2v) is 6.12.